The van der Waals surface area contributed by atoms with Gasteiger partial charge in [-0.25, -0.2) is 18.7 Å². The molecule has 1 N–H and O–H groups in total. The van der Waals surface area contributed by atoms with Gasteiger partial charge in [0.25, 0.3) is 0 Å². The van der Waals surface area contributed by atoms with Crippen molar-refractivity contribution in [2.24, 2.45) is 0 Å². The zero-order chi connectivity index (χ0) is 26.5. The van der Waals surface area contributed by atoms with E-state index in [-0.39, 0.29) is 60.1 Å². The van der Waals surface area contributed by atoms with Crippen LogP contribution in [0.1, 0.15) is 11.1 Å². The predicted octanol–water partition coefficient (Wildman–Crippen LogP) is 6.27. The maximum absolute atomic E-state index is 13.8. The summed E-state index contributed by atoms with van der Waals surface area (Å²) in [6.07, 6.45) is -8.04. The molecule has 5 nitrogen and oxygen atoms in total. The fourth-order valence-corrected chi connectivity index (χ4v) is 4.35. The molecule has 0 saturated carbocycles. The summed E-state index contributed by atoms with van der Waals surface area (Å²) in [5, 5.41) is 0. The van der Waals surface area contributed by atoms with Crippen molar-refractivity contribution in [1.82, 2.24) is 15.0 Å². The molecule has 0 bridgehead atoms. The van der Waals surface area contributed by atoms with Crippen LogP contribution in [-0.4, -0.2) is 41.1 Å². The number of piperazine rings is 1. The number of rotatable bonds is 3. The van der Waals surface area contributed by atoms with Crippen LogP contribution in [0.3, 0.4) is 0 Å². The monoisotopic (exact) mass is 527 g/mol. The van der Waals surface area contributed by atoms with Crippen LogP contribution in [0.5, 0.6) is 0 Å². The van der Waals surface area contributed by atoms with Gasteiger partial charge in [-0.1, -0.05) is 0 Å². The summed E-state index contributed by atoms with van der Waals surface area (Å²) >= 11 is 0. The SMILES string of the molecule is Fc1cc(F)cc(-c2cc(C(F)(F)F)cc3[nH]c(N4CCN(c5ncccc5C(F)(F)F)CC4)nc23)c1. The molecule has 4 aromatic rings. The van der Waals surface area contributed by atoms with Crippen LogP contribution >= 0.6 is 0 Å². The minimum Gasteiger partial charge on any atom is -0.353 e. The normalized spacial score (nSPS) is 15.0. The van der Waals surface area contributed by atoms with Gasteiger partial charge in [-0.3, -0.25) is 0 Å². The quantitative estimate of drug-likeness (QED) is 0.319. The first-order valence-electron chi connectivity index (χ1n) is 11.0. The Morgan fingerprint density at radius 1 is 0.784 bits per heavy atom. The molecule has 2 aromatic heterocycles. The Balaban J connectivity index is 1.48. The van der Waals surface area contributed by atoms with Gasteiger partial charge < -0.3 is 14.8 Å². The Bertz CT molecular complexity index is 1430. The molecule has 0 unspecified atom stereocenters. The second-order valence-corrected chi connectivity index (χ2v) is 8.48. The van der Waals surface area contributed by atoms with Crippen molar-refractivity contribution in [3.05, 3.63) is 71.4 Å². The third kappa shape index (κ3) is 4.89. The molecular weight excluding hydrogens is 510 g/mol. The minimum absolute atomic E-state index is 0.00370. The molecule has 1 fully saturated rings. The second-order valence-electron chi connectivity index (χ2n) is 8.48. The van der Waals surface area contributed by atoms with Gasteiger partial charge in [-0.05, 0) is 42.0 Å². The highest BCUT2D eigenvalue weighted by atomic mass is 19.4. The molecule has 1 aliphatic rings. The highest BCUT2D eigenvalue weighted by Gasteiger charge is 2.37. The average molecular weight is 527 g/mol. The van der Waals surface area contributed by atoms with Crippen molar-refractivity contribution in [3.8, 4) is 11.1 Å². The molecule has 0 radical (unpaired) electrons. The van der Waals surface area contributed by atoms with Crippen molar-refractivity contribution in [2.45, 2.75) is 12.4 Å². The lowest BCUT2D eigenvalue weighted by atomic mass is 10.0. The summed E-state index contributed by atoms with van der Waals surface area (Å²) < 4.78 is 109. The number of halogens is 8. The summed E-state index contributed by atoms with van der Waals surface area (Å²) in [4.78, 5) is 14.3. The molecule has 1 saturated heterocycles. The van der Waals surface area contributed by atoms with Crippen LogP contribution in [0, 0.1) is 11.6 Å². The van der Waals surface area contributed by atoms with Gasteiger partial charge in [0.1, 0.15) is 17.5 Å². The van der Waals surface area contributed by atoms with E-state index in [4.69, 9.17) is 0 Å². The third-order valence-corrected chi connectivity index (χ3v) is 6.05. The zero-order valence-electron chi connectivity index (χ0n) is 18.8. The van der Waals surface area contributed by atoms with E-state index in [9.17, 15) is 35.1 Å². The Labute approximate surface area is 204 Å². The number of nitrogens with one attached hydrogen (secondary N) is 1. The number of alkyl halides is 6. The molecule has 3 heterocycles. The van der Waals surface area contributed by atoms with E-state index >= 15 is 0 Å². The van der Waals surface area contributed by atoms with E-state index in [1.807, 2.05) is 0 Å². The molecule has 37 heavy (non-hydrogen) atoms. The van der Waals surface area contributed by atoms with E-state index in [1.165, 1.54) is 17.2 Å². The second kappa shape index (κ2) is 8.89. The Hall–Kier alpha value is -3.90. The third-order valence-electron chi connectivity index (χ3n) is 6.05. The highest BCUT2D eigenvalue weighted by Crippen LogP contribution is 2.38. The number of aromatic nitrogens is 3. The smallest absolute Gasteiger partial charge is 0.353 e. The predicted molar refractivity (Wildman–Crippen MR) is 120 cm³/mol. The molecule has 0 atom stereocenters. The maximum atomic E-state index is 13.8. The van der Waals surface area contributed by atoms with Crippen LogP contribution in [0.15, 0.2) is 48.7 Å². The largest absolute Gasteiger partial charge is 0.419 e. The number of nitrogens with zero attached hydrogens (tertiary/aromatic N) is 4. The molecule has 5 rings (SSSR count). The van der Waals surface area contributed by atoms with Crippen molar-refractivity contribution >= 4 is 22.8 Å². The van der Waals surface area contributed by atoms with Crippen LogP contribution in [-0.2, 0) is 12.4 Å². The van der Waals surface area contributed by atoms with Gasteiger partial charge in [0, 0.05) is 44.0 Å². The molecule has 0 amide bonds. The molecule has 13 heteroatoms. The van der Waals surface area contributed by atoms with Crippen LogP contribution in [0.4, 0.5) is 46.9 Å². The van der Waals surface area contributed by atoms with Gasteiger partial charge in [-0.2, -0.15) is 26.3 Å². The van der Waals surface area contributed by atoms with E-state index in [1.54, 1.807) is 4.90 Å². The topological polar surface area (TPSA) is 48.1 Å². The van der Waals surface area contributed by atoms with Crippen LogP contribution in [0.25, 0.3) is 22.2 Å². The molecule has 0 aliphatic carbocycles. The lowest BCUT2D eigenvalue weighted by molar-refractivity contribution is -0.138. The molecule has 1 aliphatic heterocycles. The summed E-state index contributed by atoms with van der Waals surface area (Å²) in [6.45, 7) is 0.688. The number of pyridine rings is 1. The first-order valence-corrected chi connectivity index (χ1v) is 11.0. The van der Waals surface area contributed by atoms with Crippen LogP contribution in [0.2, 0.25) is 0 Å². The number of fused-ring (bicyclic) bond motifs is 1. The summed E-state index contributed by atoms with van der Waals surface area (Å²) in [6, 6.07) is 6.21. The van der Waals surface area contributed by atoms with Crippen molar-refractivity contribution in [1.29, 1.82) is 0 Å². The standard InChI is InChI=1S/C24H17F8N5/c25-15-8-13(9-16(26)12-15)17-10-14(23(27,28)29)11-19-20(17)35-22(34-19)37-6-4-36(5-7-37)21-18(24(30,31)32)2-1-3-33-21/h1-3,8-12H,4-7H2,(H,34,35). The average Bonchev–Trinajstić information content (AvgIpc) is 3.26. The highest BCUT2D eigenvalue weighted by molar-refractivity contribution is 5.94. The summed E-state index contributed by atoms with van der Waals surface area (Å²) in [5.74, 6) is -1.94. The number of anilines is 2. The minimum atomic E-state index is -4.73. The lowest BCUT2D eigenvalue weighted by Crippen LogP contribution is -2.47. The zero-order valence-corrected chi connectivity index (χ0v) is 18.8. The molecule has 194 valence electrons. The number of hydrogen-bond acceptors (Lipinski definition) is 4. The molecule has 2 aromatic carbocycles. The van der Waals surface area contributed by atoms with Gasteiger partial charge in [-0.15, -0.1) is 0 Å². The first-order chi connectivity index (χ1) is 17.4. The lowest BCUT2D eigenvalue weighted by Gasteiger charge is -2.36. The number of benzene rings is 2. The van der Waals surface area contributed by atoms with Gasteiger partial charge >= 0.3 is 12.4 Å². The van der Waals surface area contributed by atoms with Crippen molar-refractivity contribution in [3.63, 3.8) is 0 Å². The summed E-state index contributed by atoms with van der Waals surface area (Å²) in [7, 11) is 0. The fraction of sp³-hybridized carbons (Fsp3) is 0.250. The van der Waals surface area contributed by atoms with Crippen molar-refractivity contribution < 1.29 is 35.1 Å². The van der Waals surface area contributed by atoms with E-state index in [0.29, 0.717) is 6.07 Å². The molecular formula is C24H17F8N5. The Morgan fingerprint density at radius 2 is 1.43 bits per heavy atom. The van der Waals surface area contributed by atoms with E-state index in [0.717, 1.165) is 30.3 Å². The van der Waals surface area contributed by atoms with Crippen molar-refractivity contribution in [2.75, 3.05) is 36.0 Å². The Morgan fingerprint density at radius 3 is 2.05 bits per heavy atom. The number of imidazole rings is 1. The molecule has 0 spiro atoms. The van der Waals surface area contributed by atoms with Gasteiger partial charge in [0.05, 0.1) is 22.2 Å². The van der Waals surface area contributed by atoms with Crippen LogP contribution < -0.4 is 9.80 Å². The van der Waals surface area contributed by atoms with Gasteiger partial charge in [0.2, 0.25) is 5.95 Å². The number of H-pyrrole nitrogens is 1. The first kappa shape index (κ1) is 24.8. The number of hydrogen-bond donors (Lipinski definition) is 1. The van der Waals surface area contributed by atoms with E-state index in [2.05, 4.69) is 15.0 Å². The maximum Gasteiger partial charge on any atom is 0.419 e. The Kier molecular flexibility index (Phi) is 5.95. The number of aromatic amines is 1. The van der Waals surface area contributed by atoms with E-state index < -0.39 is 35.1 Å². The fourth-order valence-electron chi connectivity index (χ4n) is 4.35. The summed E-state index contributed by atoms with van der Waals surface area (Å²) in [5.41, 5.74) is -2.07. The van der Waals surface area contributed by atoms with Gasteiger partial charge in [0.15, 0.2) is 0 Å².